The number of anilines is 1. The first-order valence-corrected chi connectivity index (χ1v) is 12.8. The predicted molar refractivity (Wildman–Crippen MR) is 140 cm³/mol. The van der Waals surface area contributed by atoms with Crippen molar-refractivity contribution >= 4 is 38.3 Å². The van der Waals surface area contributed by atoms with Gasteiger partial charge in [0.15, 0.2) is 5.82 Å². The van der Waals surface area contributed by atoms with Crippen LogP contribution in [0.2, 0.25) is 5.02 Å². The Hall–Kier alpha value is -4.28. The number of nitrogens with one attached hydrogen (secondary N) is 1. The summed E-state index contributed by atoms with van der Waals surface area (Å²) in [5.74, 6) is 1.01. The minimum Gasteiger partial charge on any atom is -0.495 e. The first kappa shape index (κ1) is 24.4. The van der Waals surface area contributed by atoms with Gasteiger partial charge in [0, 0.05) is 23.1 Å². The second-order valence-electron chi connectivity index (χ2n) is 7.93. The molecule has 0 saturated carbocycles. The van der Waals surface area contributed by atoms with Crippen LogP contribution in [0.15, 0.2) is 93.3 Å². The third kappa shape index (κ3) is 4.52. The van der Waals surface area contributed by atoms with E-state index in [0.29, 0.717) is 33.1 Å². The lowest BCUT2D eigenvalue weighted by Crippen LogP contribution is -2.18. The molecule has 2 aromatic heterocycles. The summed E-state index contributed by atoms with van der Waals surface area (Å²) in [4.78, 5) is 13.0. The van der Waals surface area contributed by atoms with Crippen molar-refractivity contribution in [1.29, 1.82) is 0 Å². The fourth-order valence-corrected chi connectivity index (χ4v) is 5.35. The molecule has 1 N–H and O–H groups in total. The molecule has 3 aromatic carbocycles. The molecular weight excluding hydrogens is 518 g/mol. The standard InChI is InChI=1S/C26H20ClN3O6S/c1-34-23-15-16(19-4-3-5-20(27)26(19)35-2)6-9-22(23)30-21-10-8-18(14-17(21)7-11-25(30)31)37(32,33)29-24-12-13-36-28-24/h3-15H,1-2H3,(H,28,29). The minimum atomic E-state index is -3.93. The Morgan fingerprint density at radius 2 is 1.81 bits per heavy atom. The van der Waals surface area contributed by atoms with Crippen LogP contribution in [0, 0.1) is 0 Å². The molecule has 0 amide bonds. The summed E-state index contributed by atoms with van der Waals surface area (Å²) in [6, 6.07) is 19.6. The first-order valence-electron chi connectivity index (χ1n) is 10.9. The molecule has 0 aliphatic rings. The molecule has 11 heteroatoms. The van der Waals surface area contributed by atoms with Gasteiger partial charge in [-0.15, -0.1) is 0 Å². The van der Waals surface area contributed by atoms with E-state index in [4.69, 9.17) is 21.1 Å². The average Bonchev–Trinajstić information content (AvgIpc) is 3.40. The fourth-order valence-electron chi connectivity index (χ4n) is 4.07. The smallest absolute Gasteiger partial charge is 0.263 e. The van der Waals surface area contributed by atoms with Crippen molar-refractivity contribution in [3.05, 3.63) is 94.4 Å². The molecule has 5 rings (SSSR count). The largest absolute Gasteiger partial charge is 0.495 e. The Morgan fingerprint density at radius 1 is 0.973 bits per heavy atom. The van der Waals surface area contributed by atoms with Crippen LogP contribution in [0.3, 0.4) is 0 Å². The monoisotopic (exact) mass is 537 g/mol. The summed E-state index contributed by atoms with van der Waals surface area (Å²) in [6.07, 6.45) is 1.26. The zero-order valence-electron chi connectivity index (χ0n) is 19.6. The first-order chi connectivity index (χ1) is 17.8. The average molecular weight is 538 g/mol. The predicted octanol–water partition coefficient (Wildman–Crippen LogP) is 5.12. The number of sulfonamides is 1. The SMILES string of the molecule is COc1cc(-c2cccc(Cl)c2OC)ccc1-n1c(=O)ccc2cc(S(=O)(=O)Nc3ccon3)ccc21. The number of ether oxygens (including phenoxy) is 2. The maximum atomic E-state index is 13.0. The maximum absolute atomic E-state index is 13.0. The number of halogens is 1. The van der Waals surface area contributed by atoms with Crippen molar-refractivity contribution in [2.75, 3.05) is 18.9 Å². The summed E-state index contributed by atoms with van der Waals surface area (Å²) >= 11 is 6.29. The molecule has 0 aliphatic heterocycles. The zero-order valence-corrected chi connectivity index (χ0v) is 21.2. The van der Waals surface area contributed by atoms with Crippen LogP contribution < -0.4 is 19.8 Å². The number of para-hydroxylation sites is 1. The van der Waals surface area contributed by atoms with Crippen LogP contribution >= 0.6 is 11.6 Å². The number of hydrogen-bond acceptors (Lipinski definition) is 7. The van der Waals surface area contributed by atoms with Crippen molar-refractivity contribution in [1.82, 2.24) is 9.72 Å². The van der Waals surface area contributed by atoms with E-state index in [1.54, 1.807) is 37.4 Å². The lowest BCUT2D eigenvalue weighted by molar-refractivity contribution is 0.412. The molecule has 37 heavy (non-hydrogen) atoms. The Labute approximate surface area is 216 Å². The van der Waals surface area contributed by atoms with Gasteiger partial charge >= 0.3 is 0 Å². The topological polar surface area (TPSA) is 113 Å². The van der Waals surface area contributed by atoms with Gasteiger partial charge in [0.1, 0.15) is 17.8 Å². The van der Waals surface area contributed by atoms with E-state index in [1.165, 1.54) is 42.2 Å². The molecular formula is C26H20ClN3O6S. The Bertz CT molecular complexity index is 1780. The number of methoxy groups -OCH3 is 2. The molecule has 0 spiro atoms. The highest BCUT2D eigenvalue weighted by molar-refractivity contribution is 7.92. The van der Waals surface area contributed by atoms with E-state index in [-0.39, 0.29) is 16.3 Å². The fraction of sp³-hybridized carbons (Fsp3) is 0.0769. The zero-order chi connectivity index (χ0) is 26.2. The summed E-state index contributed by atoms with van der Waals surface area (Å²) < 4.78 is 45.3. The van der Waals surface area contributed by atoms with Crippen molar-refractivity contribution in [3.8, 4) is 28.3 Å². The normalized spacial score (nSPS) is 11.4. The van der Waals surface area contributed by atoms with Gasteiger partial charge in [-0.2, -0.15) is 0 Å². The molecule has 0 atom stereocenters. The second kappa shape index (κ2) is 9.64. The van der Waals surface area contributed by atoms with Gasteiger partial charge in [-0.3, -0.25) is 14.1 Å². The van der Waals surface area contributed by atoms with Gasteiger partial charge in [-0.25, -0.2) is 8.42 Å². The van der Waals surface area contributed by atoms with Crippen LogP contribution in [0.1, 0.15) is 0 Å². The van der Waals surface area contributed by atoms with Crippen molar-refractivity contribution in [2.24, 2.45) is 0 Å². The highest BCUT2D eigenvalue weighted by Gasteiger charge is 2.19. The van der Waals surface area contributed by atoms with E-state index in [9.17, 15) is 13.2 Å². The molecule has 0 saturated heterocycles. The third-order valence-electron chi connectivity index (χ3n) is 5.76. The van der Waals surface area contributed by atoms with Gasteiger partial charge in [-0.05, 0) is 48.0 Å². The molecule has 0 radical (unpaired) electrons. The van der Waals surface area contributed by atoms with Crippen molar-refractivity contribution in [2.45, 2.75) is 4.90 Å². The van der Waals surface area contributed by atoms with E-state index in [1.807, 2.05) is 18.2 Å². The number of fused-ring (bicyclic) bond motifs is 1. The number of benzene rings is 3. The number of nitrogens with zero attached hydrogens (tertiary/aromatic N) is 2. The lowest BCUT2D eigenvalue weighted by Gasteiger charge is -2.17. The molecule has 0 unspecified atom stereocenters. The van der Waals surface area contributed by atoms with Crippen LogP contribution in [-0.4, -0.2) is 32.4 Å². The van der Waals surface area contributed by atoms with Crippen molar-refractivity contribution < 1.29 is 22.4 Å². The third-order valence-corrected chi connectivity index (χ3v) is 7.41. The molecule has 2 heterocycles. The van der Waals surface area contributed by atoms with Crippen LogP contribution in [-0.2, 0) is 10.0 Å². The van der Waals surface area contributed by atoms with Gasteiger partial charge in [0.25, 0.3) is 15.6 Å². The highest BCUT2D eigenvalue weighted by atomic mass is 35.5. The lowest BCUT2D eigenvalue weighted by atomic mass is 10.0. The van der Waals surface area contributed by atoms with Crippen LogP contribution in [0.5, 0.6) is 11.5 Å². The Kier molecular flexibility index (Phi) is 6.36. The van der Waals surface area contributed by atoms with Gasteiger partial charge in [-0.1, -0.05) is 35.0 Å². The summed E-state index contributed by atoms with van der Waals surface area (Å²) in [5.41, 5.74) is 2.22. The maximum Gasteiger partial charge on any atom is 0.263 e. The van der Waals surface area contributed by atoms with Gasteiger partial charge in [0.05, 0.1) is 35.3 Å². The van der Waals surface area contributed by atoms with Crippen molar-refractivity contribution in [3.63, 3.8) is 0 Å². The summed E-state index contributed by atoms with van der Waals surface area (Å²) in [6.45, 7) is 0. The van der Waals surface area contributed by atoms with Crippen LogP contribution in [0.4, 0.5) is 5.82 Å². The van der Waals surface area contributed by atoms with Gasteiger partial charge < -0.3 is 14.0 Å². The van der Waals surface area contributed by atoms with E-state index >= 15 is 0 Å². The second-order valence-corrected chi connectivity index (χ2v) is 10.0. The van der Waals surface area contributed by atoms with E-state index in [0.717, 1.165) is 11.1 Å². The quantitative estimate of drug-likeness (QED) is 0.306. The Balaban J connectivity index is 1.62. The number of hydrogen-bond donors (Lipinski definition) is 1. The molecule has 5 aromatic rings. The molecule has 9 nitrogen and oxygen atoms in total. The molecule has 0 fully saturated rings. The van der Waals surface area contributed by atoms with E-state index < -0.39 is 10.0 Å². The summed E-state index contributed by atoms with van der Waals surface area (Å²) in [5, 5.41) is 4.58. The molecule has 0 aliphatic carbocycles. The van der Waals surface area contributed by atoms with Crippen LogP contribution in [0.25, 0.3) is 27.7 Å². The Morgan fingerprint density at radius 3 is 2.54 bits per heavy atom. The minimum absolute atomic E-state index is 0.00330. The van der Waals surface area contributed by atoms with E-state index in [2.05, 4.69) is 14.4 Å². The highest BCUT2D eigenvalue weighted by Crippen LogP contribution is 2.38. The summed E-state index contributed by atoms with van der Waals surface area (Å²) in [7, 11) is -0.877. The molecule has 0 bridgehead atoms. The van der Waals surface area contributed by atoms with Gasteiger partial charge in [0.2, 0.25) is 0 Å². The molecule has 188 valence electrons. The number of rotatable bonds is 7. The number of aromatic nitrogens is 2. The number of pyridine rings is 1.